The Morgan fingerprint density at radius 1 is 1.03 bits per heavy atom. The average molecular weight is 426 g/mol. The second-order valence-electron chi connectivity index (χ2n) is 8.21. The van der Waals surface area contributed by atoms with Crippen molar-refractivity contribution in [1.82, 2.24) is 9.80 Å². The van der Waals surface area contributed by atoms with Gasteiger partial charge in [-0.15, -0.1) is 0 Å². The Labute approximate surface area is 186 Å². The summed E-state index contributed by atoms with van der Waals surface area (Å²) in [4.78, 5) is 17.5. The van der Waals surface area contributed by atoms with E-state index in [1.165, 1.54) is 35.7 Å². The quantitative estimate of drug-likeness (QED) is 0.628. The molecule has 0 unspecified atom stereocenters. The number of benzene rings is 2. The van der Waals surface area contributed by atoms with Gasteiger partial charge in [0.1, 0.15) is 0 Å². The highest BCUT2D eigenvalue weighted by Gasteiger charge is 2.11. The molecule has 5 heteroatoms. The van der Waals surface area contributed by atoms with Gasteiger partial charge < -0.3 is 10.2 Å². The Hall–Kier alpha value is -1.82. The van der Waals surface area contributed by atoms with Gasteiger partial charge in [0.25, 0.3) is 5.91 Å². The standard InChI is InChI=1S/C25H35N3OS/c1-4-28(20(2)3)19-22-5-9-23(10-6-22)25(29)26-24-11-7-21(8-12-24)13-14-27-15-17-30-18-16-27/h5-12,20H,4,13-19H2,1-3H3,(H,26,29). The van der Waals surface area contributed by atoms with Crippen LogP contribution in [0.4, 0.5) is 5.69 Å². The molecule has 0 atom stereocenters. The average Bonchev–Trinajstić information content (AvgIpc) is 2.78. The van der Waals surface area contributed by atoms with Crippen molar-refractivity contribution in [2.24, 2.45) is 0 Å². The molecule has 0 bridgehead atoms. The van der Waals surface area contributed by atoms with Crippen molar-refractivity contribution in [2.45, 2.75) is 39.8 Å². The molecule has 0 saturated carbocycles. The van der Waals surface area contributed by atoms with Crippen LogP contribution >= 0.6 is 11.8 Å². The van der Waals surface area contributed by atoms with Crippen molar-refractivity contribution in [3.05, 3.63) is 65.2 Å². The van der Waals surface area contributed by atoms with Crippen LogP contribution in [0.5, 0.6) is 0 Å². The summed E-state index contributed by atoms with van der Waals surface area (Å²) in [6.07, 6.45) is 1.06. The number of nitrogens with zero attached hydrogens (tertiary/aromatic N) is 2. The predicted octanol–water partition coefficient (Wildman–Crippen LogP) is 4.76. The van der Waals surface area contributed by atoms with E-state index in [9.17, 15) is 4.79 Å². The topological polar surface area (TPSA) is 35.6 Å². The Bertz CT molecular complexity index is 783. The van der Waals surface area contributed by atoms with Gasteiger partial charge in [0, 0.05) is 55.0 Å². The van der Waals surface area contributed by atoms with Gasteiger partial charge in [-0.2, -0.15) is 11.8 Å². The normalized spacial score (nSPS) is 15.0. The number of rotatable bonds is 9. The molecule has 162 valence electrons. The molecule has 0 radical (unpaired) electrons. The lowest BCUT2D eigenvalue weighted by atomic mass is 10.1. The highest BCUT2D eigenvalue weighted by atomic mass is 32.2. The van der Waals surface area contributed by atoms with Gasteiger partial charge in [-0.05, 0) is 62.2 Å². The molecule has 0 aromatic heterocycles. The Morgan fingerprint density at radius 3 is 2.27 bits per heavy atom. The maximum atomic E-state index is 12.6. The van der Waals surface area contributed by atoms with E-state index in [4.69, 9.17) is 0 Å². The summed E-state index contributed by atoms with van der Waals surface area (Å²) in [5, 5.41) is 3.02. The third kappa shape index (κ3) is 6.86. The third-order valence-electron chi connectivity index (χ3n) is 5.77. The van der Waals surface area contributed by atoms with E-state index in [0.29, 0.717) is 11.6 Å². The first-order chi connectivity index (χ1) is 14.5. The largest absolute Gasteiger partial charge is 0.322 e. The van der Waals surface area contributed by atoms with Crippen LogP contribution in [0.15, 0.2) is 48.5 Å². The second kappa shape index (κ2) is 11.5. The van der Waals surface area contributed by atoms with E-state index in [2.05, 4.69) is 60.2 Å². The second-order valence-corrected chi connectivity index (χ2v) is 9.43. The van der Waals surface area contributed by atoms with E-state index < -0.39 is 0 Å². The van der Waals surface area contributed by atoms with E-state index in [0.717, 1.165) is 31.7 Å². The summed E-state index contributed by atoms with van der Waals surface area (Å²) in [6, 6.07) is 16.7. The minimum absolute atomic E-state index is 0.0590. The summed E-state index contributed by atoms with van der Waals surface area (Å²) >= 11 is 2.05. The number of hydrogen-bond donors (Lipinski definition) is 1. The first-order valence-electron chi connectivity index (χ1n) is 11.1. The molecule has 1 aliphatic rings. The Morgan fingerprint density at radius 2 is 1.67 bits per heavy atom. The highest BCUT2D eigenvalue weighted by molar-refractivity contribution is 7.99. The zero-order valence-electron chi connectivity index (χ0n) is 18.6. The molecule has 1 aliphatic heterocycles. The lowest BCUT2D eigenvalue weighted by molar-refractivity contribution is 0.102. The first kappa shape index (κ1) is 22.9. The molecule has 1 amide bonds. The van der Waals surface area contributed by atoms with Gasteiger partial charge in [0.05, 0.1) is 0 Å². The van der Waals surface area contributed by atoms with Gasteiger partial charge in [0.2, 0.25) is 0 Å². The van der Waals surface area contributed by atoms with Crippen molar-refractivity contribution >= 4 is 23.4 Å². The molecule has 2 aromatic rings. The molecule has 1 heterocycles. The molecule has 0 aliphatic carbocycles. The van der Waals surface area contributed by atoms with Gasteiger partial charge in [0.15, 0.2) is 0 Å². The van der Waals surface area contributed by atoms with Gasteiger partial charge in [-0.3, -0.25) is 9.69 Å². The van der Waals surface area contributed by atoms with Crippen molar-refractivity contribution in [2.75, 3.05) is 43.0 Å². The third-order valence-corrected chi connectivity index (χ3v) is 6.71. The van der Waals surface area contributed by atoms with Gasteiger partial charge in [-0.1, -0.05) is 31.2 Å². The number of nitrogens with one attached hydrogen (secondary N) is 1. The van der Waals surface area contributed by atoms with E-state index >= 15 is 0 Å². The minimum atomic E-state index is -0.0590. The summed E-state index contributed by atoms with van der Waals surface area (Å²) in [5.41, 5.74) is 4.09. The van der Waals surface area contributed by atoms with Crippen LogP contribution in [-0.2, 0) is 13.0 Å². The van der Waals surface area contributed by atoms with E-state index in [-0.39, 0.29) is 5.91 Å². The number of anilines is 1. The molecule has 1 N–H and O–H groups in total. The van der Waals surface area contributed by atoms with Crippen LogP contribution in [0, 0.1) is 0 Å². The number of amides is 1. The van der Waals surface area contributed by atoms with E-state index in [1.807, 2.05) is 36.0 Å². The number of thioether (sulfide) groups is 1. The molecule has 4 nitrogen and oxygen atoms in total. The van der Waals surface area contributed by atoms with Crippen LogP contribution in [0.3, 0.4) is 0 Å². The molecule has 30 heavy (non-hydrogen) atoms. The molecule has 1 fully saturated rings. The molecule has 1 saturated heterocycles. The number of hydrogen-bond acceptors (Lipinski definition) is 4. The predicted molar refractivity (Wildman–Crippen MR) is 130 cm³/mol. The zero-order chi connectivity index (χ0) is 21.3. The van der Waals surface area contributed by atoms with Crippen LogP contribution in [0.2, 0.25) is 0 Å². The summed E-state index contributed by atoms with van der Waals surface area (Å²) in [6.45, 7) is 12.1. The summed E-state index contributed by atoms with van der Waals surface area (Å²) in [5.74, 6) is 2.44. The molecular weight excluding hydrogens is 390 g/mol. The smallest absolute Gasteiger partial charge is 0.255 e. The fourth-order valence-corrected chi connectivity index (χ4v) is 4.70. The maximum absolute atomic E-state index is 12.6. The highest BCUT2D eigenvalue weighted by Crippen LogP contribution is 2.15. The minimum Gasteiger partial charge on any atom is -0.322 e. The molecule has 3 rings (SSSR count). The monoisotopic (exact) mass is 425 g/mol. The Kier molecular flexibility index (Phi) is 8.79. The van der Waals surface area contributed by atoms with Crippen LogP contribution in [0.1, 0.15) is 42.3 Å². The SMILES string of the molecule is CCN(Cc1ccc(C(=O)Nc2ccc(CCN3CCSCC3)cc2)cc1)C(C)C. The number of carbonyl (C=O) groups is 1. The van der Waals surface area contributed by atoms with Crippen LogP contribution < -0.4 is 5.32 Å². The summed E-state index contributed by atoms with van der Waals surface area (Å²) < 4.78 is 0. The lowest BCUT2D eigenvalue weighted by Gasteiger charge is -2.26. The zero-order valence-corrected chi connectivity index (χ0v) is 19.4. The van der Waals surface area contributed by atoms with Crippen LogP contribution in [-0.4, -0.2) is 59.4 Å². The van der Waals surface area contributed by atoms with Gasteiger partial charge >= 0.3 is 0 Å². The van der Waals surface area contributed by atoms with E-state index in [1.54, 1.807) is 0 Å². The van der Waals surface area contributed by atoms with Crippen molar-refractivity contribution in [1.29, 1.82) is 0 Å². The summed E-state index contributed by atoms with van der Waals surface area (Å²) in [7, 11) is 0. The first-order valence-corrected chi connectivity index (χ1v) is 12.2. The van der Waals surface area contributed by atoms with Crippen molar-refractivity contribution in [3.63, 3.8) is 0 Å². The fraction of sp³-hybridized carbons (Fsp3) is 0.480. The Balaban J connectivity index is 1.50. The maximum Gasteiger partial charge on any atom is 0.255 e. The van der Waals surface area contributed by atoms with Crippen molar-refractivity contribution in [3.8, 4) is 0 Å². The van der Waals surface area contributed by atoms with Crippen LogP contribution in [0.25, 0.3) is 0 Å². The number of carbonyl (C=O) groups excluding carboxylic acids is 1. The molecule has 0 spiro atoms. The molecular formula is C25H35N3OS. The lowest BCUT2D eigenvalue weighted by Crippen LogP contribution is -2.34. The van der Waals surface area contributed by atoms with Gasteiger partial charge in [-0.25, -0.2) is 0 Å². The van der Waals surface area contributed by atoms with Crippen molar-refractivity contribution < 1.29 is 4.79 Å². The fourth-order valence-electron chi connectivity index (χ4n) is 3.73. The molecule has 2 aromatic carbocycles.